The van der Waals surface area contributed by atoms with Crippen molar-refractivity contribution in [2.45, 2.75) is 34.6 Å². The van der Waals surface area contributed by atoms with Gasteiger partial charge >= 0.3 is 6.97 Å². The number of nitrogens with zero attached hydrogens (tertiary/aromatic N) is 3. The van der Waals surface area contributed by atoms with Gasteiger partial charge in [0.05, 0.1) is 5.57 Å². The third-order valence-electron chi connectivity index (χ3n) is 4.77. The molecule has 0 aromatic carbocycles. The molecule has 2 aliphatic rings. The second-order valence-electron chi connectivity index (χ2n) is 6.63. The van der Waals surface area contributed by atoms with Crippen LogP contribution in [-0.2, 0) is 0 Å². The standard InChI is InChI=1S/C17H18BF2N3S/c1-9-6-12(4)22-15(9)14(17-21-11(3)8-24-17)16-10(2)7-13(5)23(16)18(22,19)20/h6-8H,1-5H3. The molecule has 0 unspecified atom stereocenters. The highest BCUT2D eigenvalue weighted by Crippen LogP contribution is 2.44. The first-order valence-corrected chi connectivity index (χ1v) is 8.81. The number of aryl methyl sites for hydroxylation is 3. The highest BCUT2D eigenvalue weighted by molar-refractivity contribution is 7.11. The largest absolute Gasteiger partial charge is 0.737 e. The van der Waals surface area contributed by atoms with Crippen LogP contribution in [-0.4, -0.2) is 26.6 Å². The second-order valence-corrected chi connectivity index (χ2v) is 7.49. The highest BCUT2D eigenvalue weighted by Gasteiger charge is 2.55. The molecule has 0 saturated carbocycles. The van der Waals surface area contributed by atoms with Crippen molar-refractivity contribution in [3.8, 4) is 0 Å². The second kappa shape index (κ2) is 4.75. The molecule has 0 N–H and O–H groups in total. The van der Waals surface area contributed by atoms with E-state index in [1.165, 1.54) is 20.3 Å². The van der Waals surface area contributed by atoms with Crippen LogP contribution in [0.1, 0.15) is 41.5 Å². The topological polar surface area (TPSA) is 20.8 Å². The molecule has 2 aromatic rings. The average Bonchev–Trinajstić information content (AvgIpc) is 3.10. The van der Waals surface area contributed by atoms with Crippen molar-refractivity contribution in [2.24, 2.45) is 0 Å². The number of rotatable bonds is 1. The molecule has 0 radical (unpaired) electrons. The van der Waals surface area contributed by atoms with Crippen LogP contribution in [0.15, 0.2) is 28.8 Å². The lowest BCUT2D eigenvalue weighted by atomic mass is 9.86. The Kier molecular flexibility index (Phi) is 3.07. The first-order valence-electron chi connectivity index (χ1n) is 7.93. The molecule has 2 aliphatic heterocycles. The van der Waals surface area contributed by atoms with Crippen molar-refractivity contribution in [2.75, 3.05) is 0 Å². The van der Waals surface area contributed by atoms with E-state index in [1.807, 2.05) is 38.3 Å². The third kappa shape index (κ3) is 1.82. The molecule has 24 heavy (non-hydrogen) atoms. The smallest absolute Gasteiger partial charge is 0.393 e. The van der Waals surface area contributed by atoms with Crippen LogP contribution in [0.5, 0.6) is 0 Å². The molecule has 0 atom stereocenters. The molecule has 4 rings (SSSR count). The lowest BCUT2D eigenvalue weighted by Crippen LogP contribution is -2.51. The zero-order valence-electron chi connectivity index (χ0n) is 14.3. The summed E-state index contributed by atoms with van der Waals surface area (Å²) < 4.78 is 33.2. The van der Waals surface area contributed by atoms with E-state index in [4.69, 9.17) is 0 Å². The molecular weight excluding hydrogens is 327 g/mol. The summed E-state index contributed by atoms with van der Waals surface area (Å²) in [5, 5.41) is 2.76. The van der Waals surface area contributed by atoms with E-state index < -0.39 is 6.97 Å². The van der Waals surface area contributed by atoms with Crippen LogP contribution in [0.3, 0.4) is 0 Å². The number of halogens is 2. The third-order valence-corrected chi connectivity index (χ3v) is 5.75. The normalized spacial score (nSPS) is 18.9. The zero-order chi connectivity index (χ0) is 17.4. The maximum Gasteiger partial charge on any atom is 0.737 e. The molecule has 0 saturated heterocycles. The van der Waals surface area contributed by atoms with E-state index >= 15 is 8.63 Å². The Morgan fingerprint density at radius 1 is 1.17 bits per heavy atom. The van der Waals surface area contributed by atoms with E-state index in [-0.39, 0.29) is 0 Å². The van der Waals surface area contributed by atoms with Crippen LogP contribution < -0.4 is 0 Å². The van der Waals surface area contributed by atoms with E-state index in [2.05, 4.69) is 4.98 Å². The van der Waals surface area contributed by atoms with Gasteiger partial charge in [-0.1, -0.05) is 0 Å². The fraction of sp³-hybridized carbons (Fsp3) is 0.294. The maximum absolute atomic E-state index is 15.4. The minimum absolute atomic E-state index is 0.578. The predicted octanol–water partition coefficient (Wildman–Crippen LogP) is 4.30. The van der Waals surface area contributed by atoms with Crippen molar-refractivity contribution in [1.29, 1.82) is 0 Å². The quantitative estimate of drug-likeness (QED) is 0.706. The van der Waals surface area contributed by atoms with Crippen molar-refractivity contribution in [3.05, 3.63) is 56.4 Å². The monoisotopic (exact) mass is 345 g/mol. The first kappa shape index (κ1) is 15.5. The molecule has 124 valence electrons. The first-order chi connectivity index (χ1) is 11.2. The van der Waals surface area contributed by atoms with Crippen LogP contribution in [0.2, 0.25) is 0 Å². The van der Waals surface area contributed by atoms with Gasteiger partial charge in [0.25, 0.3) is 0 Å². The van der Waals surface area contributed by atoms with Crippen molar-refractivity contribution < 1.29 is 13.1 Å². The minimum Gasteiger partial charge on any atom is -0.393 e. The Morgan fingerprint density at radius 2 is 1.88 bits per heavy atom. The highest BCUT2D eigenvalue weighted by atomic mass is 32.1. The maximum atomic E-state index is 15.4. The van der Waals surface area contributed by atoms with Crippen LogP contribution in [0.25, 0.3) is 5.57 Å². The predicted molar refractivity (Wildman–Crippen MR) is 94.8 cm³/mol. The molecule has 4 heterocycles. The van der Waals surface area contributed by atoms with E-state index in [9.17, 15) is 0 Å². The summed E-state index contributed by atoms with van der Waals surface area (Å²) >= 11 is 1.51. The fourth-order valence-corrected chi connectivity index (χ4v) is 4.81. The summed E-state index contributed by atoms with van der Waals surface area (Å²) in [6.45, 7) is 5.30. The molecule has 0 aliphatic carbocycles. The number of aromatic nitrogens is 2. The molecule has 7 heteroatoms. The van der Waals surface area contributed by atoms with Crippen LogP contribution in [0, 0.1) is 20.8 Å². The lowest BCUT2D eigenvalue weighted by Gasteiger charge is -2.33. The number of hydrogen-bond donors (Lipinski definition) is 0. The Morgan fingerprint density at radius 3 is 2.50 bits per heavy atom. The van der Waals surface area contributed by atoms with Crippen molar-refractivity contribution in [3.63, 3.8) is 0 Å². The van der Waals surface area contributed by atoms with Gasteiger partial charge in [-0.15, -0.1) is 11.3 Å². The van der Waals surface area contributed by atoms with Gasteiger partial charge in [-0.2, -0.15) is 0 Å². The number of allylic oxidation sites excluding steroid dienone is 2. The summed E-state index contributed by atoms with van der Waals surface area (Å²) in [6, 6.07) is 1.84. The number of fused-ring (bicyclic) bond motifs is 2. The van der Waals surface area contributed by atoms with Crippen LogP contribution >= 0.6 is 11.3 Å². The zero-order valence-corrected chi connectivity index (χ0v) is 15.1. The Hall–Kier alpha value is -2.02. The van der Waals surface area contributed by atoms with Gasteiger partial charge < -0.3 is 17.6 Å². The Bertz CT molecular complexity index is 992. The molecule has 3 nitrogen and oxygen atoms in total. The number of thiazole rings is 1. The van der Waals surface area contributed by atoms with Crippen molar-refractivity contribution >= 4 is 29.6 Å². The Balaban J connectivity index is 2.19. The van der Waals surface area contributed by atoms with Crippen LogP contribution in [0.4, 0.5) is 8.63 Å². The summed E-state index contributed by atoms with van der Waals surface area (Å²) in [4.78, 5) is 4.60. The lowest BCUT2D eigenvalue weighted by molar-refractivity contribution is -0.363. The molecule has 2 aromatic heterocycles. The fourth-order valence-electron chi connectivity index (χ4n) is 3.97. The SMILES string of the molecule is CC1=CC(C)=[N+]2C1=C(c1nc(C)cs1)c1c(C)cc(C)n1[B-]2(F)F. The molecular formula is C17H18BF2N3S. The Labute approximate surface area is 143 Å². The minimum atomic E-state index is -3.91. The molecule has 0 amide bonds. The van der Waals surface area contributed by atoms with Crippen molar-refractivity contribution in [1.82, 2.24) is 9.46 Å². The number of hydrogen-bond acceptors (Lipinski definition) is 2. The van der Waals surface area contributed by atoms with Gasteiger partial charge in [-0.05, 0) is 45.0 Å². The van der Waals surface area contributed by atoms with Gasteiger partial charge in [-0.25, -0.2) is 4.98 Å². The van der Waals surface area contributed by atoms with E-state index in [0.29, 0.717) is 22.8 Å². The summed E-state index contributed by atoms with van der Waals surface area (Å²) in [5.41, 5.74) is 5.80. The molecule has 0 bridgehead atoms. The van der Waals surface area contributed by atoms with E-state index in [0.717, 1.165) is 27.4 Å². The summed E-state index contributed by atoms with van der Waals surface area (Å²) in [6.07, 6.45) is 1.84. The van der Waals surface area contributed by atoms with Gasteiger partial charge in [-0.3, -0.25) is 0 Å². The summed E-state index contributed by atoms with van der Waals surface area (Å²) in [5.74, 6) is 0. The van der Waals surface area contributed by atoms with Gasteiger partial charge in [0.1, 0.15) is 10.7 Å². The van der Waals surface area contributed by atoms with E-state index in [1.54, 1.807) is 13.8 Å². The van der Waals surface area contributed by atoms with Gasteiger partial charge in [0.15, 0.2) is 5.70 Å². The van der Waals surface area contributed by atoms with Gasteiger partial charge in [0.2, 0.25) is 0 Å². The summed E-state index contributed by atoms with van der Waals surface area (Å²) in [7, 11) is 0. The molecule has 0 fully saturated rings. The van der Waals surface area contributed by atoms with Gasteiger partial charge in [0, 0.05) is 35.3 Å². The molecule has 0 spiro atoms. The average molecular weight is 345 g/mol.